The molecule has 0 spiro atoms. The van der Waals surface area contributed by atoms with Crippen LogP contribution in [0.5, 0.6) is 0 Å². The Hall–Kier alpha value is -3.45. The van der Waals surface area contributed by atoms with Gasteiger partial charge in [-0.3, -0.25) is 9.30 Å². The zero-order valence-corrected chi connectivity index (χ0v) is 15.3. The molecule has 0 unspecified atom stereocenters. The molecule has 27 heavy (non-hydrogen) atoms. The van der Waals surface area contributed by atoms with Gasteiger partial charge in [-0.05, 0) is 24.3 Å². The quantitative estimate of drug-likeness (QED) is 0.433. The van der Waals surface area contributed by atoms with Gasteiger partial charge in [-0.25, -0.2) is 15.0 Å². The first kappa shape index (κ1) is 14.7. The van der Waals surface area contributed by atoms with Crippen molar-refractivity contribution in [3.8, 4) is 0 Å². The van der Waals surface area contributed by atoms with Gasteiger partial charge in [0, 0.05) is 19.4 Å². The van der Waals surface area contributed by atoms with Crippen molar-refractivity contribution in [3.05, 3.63) is 67.3 Å². The van der Waals surface area contributed by atoms with Crippen LogP contribution in [0.4, 0.5) is 17.3 Å². The van der Waals surface area contributed by atoms with Gasteiger partial charge in [-0.15, -0.1) is 0 Å². The number of benzene rings is 2. The Labute approximate surface area is 158 Å². The molecule has 0 fully saturated rings. The highest BCUT2D eigenvalue weighted by Crippen LogP contribution is 2.46. The number of para-hydroxylation sites is 2. The SMILES string of the molecule is C=C1N(C)c2nccnc2N1c1cccc2c1sc1nc3ccccc3n12. The van der Waals surface area contributed by atoms with E-state index in [1.165, 1.54) is 0 Å². The maximum Gasteiger partial charge on any atom is 0.195 e. The van der Waals surface area contributed by atoms with E-state index in [1.807, 2.05) is 30.1 Å². The summed E-state index contributed by atoms with van der Waals surface area (Å²) in [6.07, 6.45) is 3.42. The molecule has 7 heteroatoms. The van der Waals surface area contributed by atoms with E-state index >= 15 is 0 Å². The molecule has 4 heterocycles. The number of imidazole rings is 1. The van der Waals surface area contributed by atoms with Crippen molar-refractivity contribution in [3.63, 3.8) is 0 Å². The Bertz CT molecular complexity index is 1380. The van der Waals surface area contributed by atoms with Crippen LogP contribution < -0.4 is 9.80 Å². The fraction of sp³-hybridized carbons (Fsp3) is 0.0500. The van der Waals surface area contributed by atoms with E-state index in [1.54, 1.807) is 23.7 Å². The molecule has 1 aliphatic rings. The van der Waals surface area contributed by atoms with Crippen molar-refractivity contribution in [1.82, 2.24) is 19.4 Å². The molecule has 2 aromatic carbocycles. The maximum absolute atomic E-state index is 4.80. The van der Waals surface area contributed by atoms with Crippen LogP contribution in [0.1, 0.15) is 0 Å². The smallest absolute Gasteiger partial charge is 0.195 e. The number of hydrogen-bond acceptors (Lipinski definition) is 6. The Morgan fingerprint density at radius 1 is 0.926 bits per heavy atom. The minimum atomic E-state index is 0.799. The van der Waals surface area contributed by atoms with Gasteiger partial charge in [0.2, 0.25) is 0 Å². The number of nitrogens with zero attached hydrogens (tertiary/aromatic N) is 6. The summed E-state index contributed by atoms with van der Waals surface area (Å²) in [5.41, 5.74) is 4.31. The molecule has 0 amide bonds. The van der Waals surface area contributed by atoms with E-state index < -0.39 is 0 Å². The molecule has 0 saturated heterocycles. The Morgan fingerprint density at radius 3 is 2.59 bits per heavy atom. The van der Waals surface area contributed by atoms with Crippen LogP contribution in [0.2, 0.25) is 0 Å². The van der Waals surface area contributed by atoms with Crippen molar-refractivity contribution < 1.29 is 0 Å². The second-order valence-corrected chi connectivity index (χ2v) is 7.44. The highest BCUT2D eigenvalue weighted by atomic mass is 32.1. The van der Waals surface area contributed by atoms with Crippen molar-refractivity contribution in [2.24, 2.45) is 0 Å². The van der Waals surface area contributed by atoms with Crippen LogP contribution in [-0.2, 0) is 0 Å². The van der Waals surface area contributed by atoms with Crippen LogP contribution in [0.25, 0.3) is 26.2 Å². The minimum absolute atomic E-state index is 0.799. The van der Waals surface area contributed by atoms with Gasteiger partial charge in [0.25, 0.3) is 0 Å². The summed E-state index contributed by atoms with van der Waals surface area (Å²) in [5.74, 6) is 2.44. The minimum Gasteiger partial charge on any atom is -0.313 e. The fourth-order valence-electron chi connectivity index (χ4n) is 3.73. The molecule has 0 radical (unpaired) electrons. The Morgan fingerprint density at radius 2 is 1.70 bits per heavy atom. The molecule has 0 saturated carbocycles. The highest BCUT2D eigenvalue weighted by Gasteiger charge is 2.32. The first-order chi connectivity index (χ1) is 13.2. The van der Waals surface area contributed by atoms with Crippen LogP contribution in [-0.4, -0.2) is 26.4 Å². The van der Waals surface area contributed by atoms with Gasteiger partial charge >= 0.3 is 0 Å². The molecule has 6 nitrogen and oxygen atoms in total. The first-order valence-electron chi connectivity index (χ1n) is 8.56. The summed E-state index contributed by atoms with van der Waals surface area (Å²) < 4.78 is 3.37. The zero-order valence-electron chi connectivity index (χ0n) is 14.5. The molecular weight excluding hydrogens is 356 g/mol. The lowest BCUT2D eigenvalue weighted by Crippen LogP contribution is -2.20. The molecule has 0 N–H and O–H groups in total. The number of anilines is 3. The van der Waals surface area contributed by atoms with Gasteiger partial charge in [-0.2, -0.15) is 0 Å². The van der Waals surface area contributed by atoms with Gasteiger partial charge in [0.1, 0.15) is 5.82 Å². The van der Waals surface area contributed by atoms with E-state index in [4.69, 9.17) is 4.98 Å². The summed E-state index contributed by atoms with van der Waals surface area (Å²) >= 11 is 1.68. The third kappa shape index (κ3) is 1.81. The molecular formula is C20H14N6S. The number of aromatic nitrogens is 4. The third-order valence-electron chi connectivity index (χ3n) is 5.01. The van der Waals surface area contributed by atoms with E-state index in [2.05, 4.69) is 50.1 Å². The van der Waals surface area contributed by atoms with Crippen molar-refractivity contribution in [2.75, 3.05) is 16.8 Å². The Balaban J connectivity index is 1.68. The first-order valence-corrected chi connectivity index (χ1v) is 9.38. The van der Waals surface area contributed by atoms with Crippen LogP contribution >= 0.6 is 11.3 Å². The standard InChI is InChI=1S/C20H14N6S/c1-12-24(2)18-19(22-11-10-21-18)25(12)15-8-5-9-16-17(15)27-20-23-13-6-3-4-7-14(13)26(16)20/h3-11H,1H2,2H3. The van der Waals surface area contributed by atoms with Crippen LogP contribution in [0, 0.1) is 0 Å². The predicted octanol–water partition coefficient (Wildman–Crippen LogP) is 4.55. The van der Waals surface area contributed by atoms with E-state index in [-0.39, 0.29) is 0 Å². The largest absolute Gasteiger partial charge is 0.313 e. The topological polar surface area (TPSA) is 49.6 Å². The average molecular weight is 370 g/mol. The molecule has 1 aliphatic heterocycles. The Kier molecular flexibility index (Phi) is 2.75. The van der Waals surface area contributed by atoms with Crippen LogP contribution in [0.3, 0.4) is 0 Å². The summed E-state index contributed by atoms with van der Waals surface area (Å²) in [7, 11) is 1.96. The summed E-state index contributed by atoms with van der Waals surface area (Å²) in [5, 5.41) is 0. The molecule has 3 aromatic heterocycles. The summed E-state index contributed by atoms with van der Waals surface area (Å²) in [6.45, 7) is 4.26. The number of hydrogen-bond donors (Lipinski definition) is 0. The summed E-state index contributed by atoms with van der Waals surface area (Å²) in [6, 6.07) is 14.5. The van der Waals surface area contributed by atoms with E-state index in [0.29, 0.717) is 0 Å². The van der Waals surface area contributed by atoms with Gasteiger partial charge < -0.3 is 4.90 Å². The zero-order chi connectivity index (χ0) is 18.1. The molecule has 5 aromatic rings. The van der Waals surface area contributed by atoms with E-state index in [9.17, 15) is 0 Å². The van der Waals surface area contributed by atoms with Crippen molar-refractivity contribution in [1.29, 1.82) is 0 Å². The molecule has 6 rings (SSSR count). The van der Waals surface area contributed by atoms with Crippen molar-refractivity contribution >= 4 is 54.9 Å². The molecule has 0 atom stereocenters. The van der Waals surface area contributed by atoms with Gasteiger partial charge in [0.05, 0.1) is 26.9 Å². The lowest BCUT2D eigenvalue weighted by atomic mass is 10.2. The van der Waals surface area contributed by atoms with Gasteiger partial charge in [0.15, 0.2) is 16.6 Å². The van der Waals surface area contributed by atoms with Gasteiger partial charge in [-0.1, -0.05) is 36.1 Å². The summed E-state index contributed by atoms with van der Waals surface area (Å²) in [4.78, 5) is 18.8. The number of fused-ring (bicyclic) bond motifs is 6. The maximum atomic E-state index is 4.80. The fourth-order valence-corrected chi connectivity index (χ4v) is 4.87. The molecule has 0 aliphatic carbocycles. The second kappa shape index (κ2) is 5.05. The number of thiazole rings is 1. The predicted molar refractivity (Wildman–Crippen MR) is 110 cm³/mol. The monoisotopic (exact) mass is 370 g/mol. The third-order valence-corrected chi connectivity index (χ3v) is 6.09. The number of rotatable bonds is 1. The average Bonchev–Trinajstić information content (AvgIpc) is 3.31. The lowest BCUT2D eigenvalue weighted by molar-refractivity contribution is 1.07. The van der Waals surface area contributed by atoms with Crippen LogP contribution in [0.15, 0.2) is 67.3 Å². The normalized spacial score (nSPS) is 14.0. The molecule has 130 valence electrons. The highest BCUT2D eigenvalue weighted by molar-refractivity contribution is 7.24. The lowest BCUT2D eigenvalue weighted by Gasteiger charge is -2.21. The van der Waals surface area contributed by atoms with E-state index in [0.717, 1.165) is 49.4 Å². The molecule has 0 bridgehead atoms. The second-order valence-electron chi connectivity index (χ2n) is 6.46. The van der Waals surface area contributed by atoms with Crippen molar-refractivity contribution in [2.45, 2.75) is 0 Å².